The first-order chi connectivity index (χ1) is 12.8. The summed E-state index contributed by atoms with van der Waals surface area (Å²) in [6, 6.07) is 3.84. The lowest BCUT2D eigenvalue weighted by Gasteiger charge is -2.60. The van der Waals surface area contributed by atoms with Gasteiger partial charge in [0, 0.05) is 36.9 Å². The summed E-state index contributed by atoms with van der Waals surface area (Å²) in [6.45, 7) is 3.47. The van der Waals surface area contributed by atoms with E-state index in [1.807, 2.05) is 17.0 Å². The summed E-state index contributed by atoms with van der Waals surface area (Å²) in [4.78, 5) is 14.4. The van der Waals surface area contributed by atoms with Gasteiger partial charge in [-0.25, -0.2) is 4.39 Å². The third-order valence-corrected chi connectivity index (χ3v) is 6.96. The molecular weight excluding hydrogens is 345 g/mol. The molecule has 0 atom stereocenters. The van der Waals surface area contributed by atoms with Crippen molar-refractivity contribution in [2.24, 2.45) is 24.3 Å². The first-order valence-electron chi connectivity index (χ1n) is 9.86. The molecule has 0 radical (unpaired) electrons. The van der Waals surface area contributed by atoms with Gasteiger partial charge >= 0.3 is 0 Å². The van der Waals surface area contributed by atoms with E-state index in [9.17, 15) is 14.3 Å². The fourth-order valence-corrected chi connectivity index (χ4v) is 5.65. The maximum atomic E-state index is 14.8. The van der Waals surface area contributed by atoms with Crippen LogP contribution in [0.25, 0.3) is 10.9 Å². The van der Waals surface area contributed by atoms with E-state index >= 15 is 0 Å². The van der Waals surface area contributed by atoms with Crippen LogP contribution in [0.3, 0.4) is 0 Å². The zero-order valence-corrected chi connectivity index (χ0v) is 15.9. The smallest absolute Gasteiger partial charge is 0.225 e. The second-order valence-electron chi connectivity index (χ2n) is 9.52. The molecule has 2 aliphatic carbocycles. The molecule has 1 amide bonds. The van der Waals surface area contributed by atoms with Gasteiger partial charge in [-0.3, -0.25) is 9.48 Å². The fraction of sp³-hybridized carbons (Fsp3) is 0.619. The molecule has 3 fully saturated rings. The van der Waals surface area contributed by atoms with E-state index in [0.29, 0.717) is 24.3 Å². The van der Waals surface area contributed by atoms with Crippen molar-refractivity contribution in [1.29, 1.82) is 0 Å². The van der Waals surface area contributed by atoms with Gasteiger partial charge in [-0.15, -0.1) is 0 Å². The van der Waals surface area contributed by atoms with Gasteiger partial charge in [0.1, 0.15) is 5.52 Å². The second-order valence-corrected chi connectivity index (χ2v) is 9.52. The van der Waals surface area contributed by atoms with Crippen molar-refractivity contribution >= 4 is 16.8 Å². The number of hydrogen-bond donors (Lipinski definition) is 1. The summed E-state index contributed by atoms with van der Waals surface area (Å²) >= 11 is 0. The largest absolute Gasteiger partial charge is 0.390 e. The van der Waals surface area contributed by atoms with Crippen LogP contribution in [0.5, 0.6) is 0 Å². The number of hydrogen-bond acceptors (Lipinski definition) is 3. The van der Waals surface area contributed by atoms with Gasteiger partial charge in [0.15, 0.2) is 5.82 Å². The normalized spacial score (nSPS) is 29.5. The maximum Gasteiger partial charge on any atom is 0.225 e. The van der Waals surface area contributed by atoms with Crippen molar-refractivity contribution in [2.75, 3.05) is 13.1 Å². The number of fused-ring (bicyclic) bond motifs is 1. The molecule has 5 nitrogen and oxygen atoms in total. The Morgan fingerprint density at radius 3 is 2.67 bits per heavy atom. The van der Waals surface area contributed by atoms with E-state index in [1.165, 1.54) is 0 Å². The van der Waals surface area contributed by atoms with Crippen LogP contribution in [-0.4, -0.2) is 44.4 Å². The Labute approximate surface area is 158 Å². The molecule has 0 bridgehead atoms. The minimum atomic E-state index is -0.649. The van der Waals surface area contributed by atoms with Crippen LogP contribution < -0.4 is 0 Å². The number of halogens is 1. The van der Waals surface area contributed by atoms with Crippen LogP contribution in [-0.2, 0) is 18.3 Å². The SMILES string of the molecule is Cn1ncc2ccc(CC3CC4(C3)CN(C(=O)C3CC(C)(O)C3)C4)c(F)c21. The van der Waals surface area contributed by atoms with E-state index < -0.39 is 5.60 Å². The zero-order chi connectivity index (χ0) is 19.0. The third-order valence-electron chi connectivity index (χ3n) is 6.96. The van der Waals surface area contributed by atoms with Crippen molar-refractivity contribution in [3.63, 3.8) is 0 Å². The molecule has 3 aliphatic rings. The number of amides is 1. The quantitative estimate of drug-likeness (QED) is 0.902. The molecule has 1 aromatic carbocycles. The Kier molecular flexibility index (Phi) is 3.52. The van der Waals surface area contributed by atoms with Crippen LogP contribution >= 0.6 is 0 Å². The maximum absolute atomic E-state index is 14.8. The second kappa shape index (κ2) is 5.53. The lowest BCUT2D eigenvalue weighted by molar-refractivity contribution is -0.171. The average molecular weight is 371 g/mol. The Balaban J connectivity index is 1.16. The Bertz CT molecular complexity index is 913. The molecule has 1 aromatic heterocycles. The van der Waals surface area contributed by atoms with Gasteiger partial charge in [0.25, 0.3) is 0 Å². The highest BCUT2D eigenvalue weighted by Gasteiger charge is 2.55. The molecule has 2 heterocycles. The Hall–Kier alpha value is -1.95. The van der Waals surface area contributed by atoms with Crippen molar-refractivity contribution in [1.82, 2.24) is 14.7 Å². The first kappa shape index (κ1) is 17.2. The Morgan fingerprint density at radius 1 is 1.30 bits per heavy atom. The van der Waals surface area contributed by atoms with E-state index in [4.69, 9.17) is 0 Å². The molecule has 1 saturated heterocycles. The van der Waals surface area contributed by atoms with Crippen LogP contribution in [0, 0.1) is 23.1 Å². The van der Waals surface area contributed by atoms with E-state index in [1.54, 1.807) is 24.9 Å². The summed E-state index contributed by atoms with van der Waals surface area (Å²) in [5, 5.41) is 14.8. The van der Waals surface area contributed by atoms with Gasteiger partial charge in [-0.05, 0) is 50.5 Å². The predicted octanol–water partition coefficient (Wildman–Crippen LogP) is 2.65. The van der Waals surface area contributed by atoms with Crippen LogP contribution in [0.2, 0.25) is 0 Å². The van der Waals surface area contributed by atoms with Crippen LogP contribution in [0.4, 0.5) is 4.39 Å². The fourth-order valence-electron chi connectivity index (χ4n) is 5.65. The predicted molar refractivity (Wildman–Crippen MR) is 99.5 cm³/mol. The lowest BCUT2D eigenvalue weighted by Crippen LogP contribution is -2.66. The molecule has 144 valence electrons. The minimum absolute atomic E-state index is 0.00735. The summed E-state index contributed by atoms with van der Waals surface area (Å²) < 4.78 is 16.4. The number of aliphatic hydroxyl groups is 1. The number of likely N-dealkylation sites (tertiary alicyclic amines) is 1. The Morgan fingerprint density at radius 2 is 2.00 bits per heavy atom. The summed E-state index contributed by atoms with van der Waals surface area (Å²) in [7, 11) is 1.77. The van der Waals surface area contributed by atoms with Gasteiger partial charge in [0.05, 0.1) is 11.8 Å². The summed E-state index contributed by atoms with van der Waals surface area (Å²) in [5.41, 5.74) is 0.969. The third kappa shape index (κ3) is 2.68. The number of aryl methyl sites for hydroxylation is 1. The average Bonchev–Trinajstić information content (AvgIpc) is 2.89. The molecule has 1 aliphatic heterocycles. The van der Waals surface area contributed by atoms with E-state index in [0.717, 1.165) is 43.3 Å². The molecule has 2 aromatic rings. The highest BCUT2D eigenvalue weighted by atomic mass is 19.1. The monoisotopic (exact) mass is 371 g/mol. The van der Waals surface area contributed by atoms with E-state index in [-0.39, 0.29) is 23.1 Å². The molecule has 6 heteroatoms. The topological polar surface area (TPSA) is 58.4 Å². The minimum Gasteiger partial charge on any atom is -0.390 e. The van der Waals surface area contributed by atoms with Gasteiger partial charge in [-0.2, -0.15) is 5.10 Å². The molecular formula is C21H26FN3O2. The van der Waals surface area contributed by atoms with Crippen LogP contribution in [0.1, 0.15) is 38.2 Å². The van der Waals surface area contributed by atoms with Crippen LogP contribution in [0.15, 0.2) is 18.3 Å². The lowest BCUT2D eigenvalue weighted by atomic mass is 9.56. The number of carbonyl (C=O) groups is 1. The molecule has 2 saturated carbocycles. The standard InChI is InChI=1S/C21H26FN3O2/c1-20(27)8-16(9-20)19(26)25-11-21(12-25)6-13(7-21)5-14-3-4-15-10-23-24(2)18(15)17(14)22/h3-4,10,13,16,27H,5-9,11-12H2,1-2H3. The number of benzene rings is 1. The molecule has 5 rings (SSSR count). The molecule has 27 heavy (non-hydrogen) atoms. The summed E-state index contributed by atoms with van der Waals surface area (Å²) in [6.07, 6.45) is 5.78. The van der Waals surface area contributed by atoms with Gasteiger partial charge in [-0.1, -0.05) is 12.1 Å². The highest BCUT2D eigenvalue weighted by molar-refractivity contribution is 5.81. The van der Waals surface area contributed by atoms with Crippen molar-refractivity contribution in [3.8, 4) is 0 Å². The summed E-state index contributed by atoms with van der Waals surface area (Å²) in [5.74, 6) is 0.569. The molecule has 1 spiro atoms. The number of aromatic nitrogens is 2. The number of nitrogens with zero attached hydrogens (tertiary/aromatic N) is 3. The number of carbonyl (C=O) groups excluding carboxylic acids is 1. The molecule has 0 unspecified atom stereocenters. The first-order valence-corrected chi connectivity index (χ1v) is 9.86. The van der Waals surface area contributed by atoms with Crippen molar-refractivity contribution in [2.45, 2.75) is 44.6 Å². The highest BCUT2D eigenvalue weighted by Crippen LogP contribution is 2.54. The number of rotatable bonds is 3. The van der Waals surface area contributed by atoms with Crippen molar-refractivity contribution in [3.05, 3.63) is 29.7 Å². The van der Waals surface area contributed by atoms with Gasteiger partial charge < -0.3 is 10.0 Å². The zero-order valence-electron chi connectivity index (χ0n) is 15.9. The molecule has 1 N–H and O–H groups in total. The van der Waals surface area contributed by atoms with E-state index in [2.05, 4.69) is 5.10 Å². The van der Waals surface area contributed by atoms with Gasteiger partial charge in [0.2, 0.25) is 5.91 Å². The van der Waals surface area contributed by atoms with Crippen molar-refractivity contribution < 1.29 is 14.3 Å².